The first-order valence-corrected chi connectivity index (χ1v) is 14.2. The fourth-order valence-electron chi connectivity index (χ4n) is 4.79. The Balaban J connectivity index is 1.78. The molecule has 3 aromatic rings. The highest BCUT2D eigenvalue weighted by atomic mass is 35.5. The van der Waals surface area contributed by atoms with Crippen LogP contribution in [0.25, 0.3) is 0 Å². The van der Waals surface area contributed by atoms with Crippen LogP contribution in [0.5, 0.6) is 5.75 Å². The lowest BCUT2D eigenvalue weighted by Crippen LogP contribution is -2.44. The first-order chi connectivity index (χ1) is 17.4. The van der Waals surface area contributed by atoms with E-state index in [9.17, 15) is 13.2 Å². The van der Waals surface area contributed by atoms with E-state index in [4.69, 9.17) is 16.3 Å². The predicted molar refractivity (Wildman–Crippen MR) is 150 cm³/mol. The summed E-state index contributed by atoms with van der Waals surface area (Å²) in [7, 11) is -2.07. The highest BCUT2D eigenvalue weighted by Gasteiger charge is 2.22. The van der Waals surface area contributed by atoms with Crippen LogP contribution in [0.15, 0.2) is 76.5 Å². The first-order valence-electron chi connectivity index (χ1n) is 12.3. The number of methoxy groups -OCH3 is 1. The molecule has 0 aliphatic heterocycles. The van der Waals surface area contributed by atoms with Crippen molar-refractivity contribution in [1.29, 1.82) is 0 Å². The molecule has 0 bridgehead atoms. The van der Waals surface area contributed by atoms with Gasteiger partial charge in [-0.25, -0.2) is 8.42 Å². The maximum absolute atomic E-state index is 12.9. The van der Waals surface area contributed by atoms with Gasteiger partial charge in [0.1, 0.15) is 5.75 Å². The van der Waals surface area contributed by atoms with E-state index in [0.717, 1.165) is 17.7 Å². The summed E-state index contributed by atoms with van der Waals surface area (Å²) in [5, 5.41) is 3.38. The van der Waals surface area contributed by atoms with Crippen molar-refractivity contribution in [2.75, 3.05) is 12.4 Å². The summed E-state index contributed by atoms with van der Waals surface area (Å²) in [4.78, 5) is 15.6. The predicted octanol–water partition coefficient (Wildman–Crippen LogP) is 6.48. The molecule has 0 aliphatic rings. The van der Waals surface area contributed by atoms with Crippen molar-refractivity contribution in [3.63, 3.8) is 0 Å². The van der Waals surface area contributed by atoms with Crippen LogP contribution in [0.1, 0.15) is 50.5 Å². The number of amides is 1. The Labute approximate surface area is 225 Å². The third-order valence-electron chi connectivity index (χ3n) is 6.31. The van der Waals surface area contributed by atoms with Crippen LogP contribution in [-0.2, 0) is 16.3 Å². The Morgan fingerprint density at radius 3 is 1.95 bits per heavy atom. The Kier molecular flexibility index (Phi) is 9.40. The van der Waals surface area contributed by atoms with E-state index in [1.807, 2.05) is 12.1 Å². The molecule has 3 rings (SSSR count). The maximum Gasteiger partial charge on any atom is 0.255 e. The number of sulfone groups is 1. The SMILES string of the molecule is COc1ccc(NC(=O)c2ccc(S(=O)(=O)c3ccc(Cl)cc3)cc2)cc1CC(C)N(C(C)C)C(C)C. The van der Waals surface area contributed by atoms with Gasteiger partial charge in [0.15, 0.2) is 0 Å². The lowest BCUT2D eigenvalue weighted by molar-refractivity contribution is 0.102. The van der Waals surface area contributed by atoms with Crippen molar-refractivity contribution in [1.82, 2.24) is 4.90 Å². The van der Waals surface area contributed by atoms with Gasteiger partial charge in [-0.2, -0.15) is 0 Å². The quantitative estimate of drug-likeness (QED) is 0.317. The van der Waals surface area contributed by atoms with Crippen LogP contribution in [-0.4, -0.2) is 44.5 Å². The Morgan fingerprint density at radius 1 is 0.892 bits per heavy atom. The highest BCUT2D eigenvalue weighted by Crippen LogP contribution is 2.27. The number of hydrogen-bond acceptors (Lipinski definition) is 5. The van der Waals surface area contributed by atoms with E-state index < -0.39 is 9.84 Å². The third kappa shape index (κ3) is 6.92. The molecule has 1 unspecified atom stereocenters. The second-order valence-corrected chi connectivity index (χ2v) is 12.0. The van der Waals surface area contributed by atoms with Crippen LogP contribution in [0, 0.1) is 0 Å². The Hall–Kier alpha value is -2.87. The summed E-state index contributed by atoms with van der Waals surface area (Å²) in [6, 6.07) is 18.5. The highest BCUT2D eigenvalue weighted by molar-refractivity contribution is 7.91. The zero-order chi connectivity index (χ0) is 27.3. The molecule has 1 amide bonds. The second-order valence-electron chi connectivity index (χ2n) is 9.65. The normalized spacial score (nSPS) is 12.7. The van der Waals surface area contributed by atoms with Crippen molar-refractivity contribution in [3.8, 4) is 5.75 Å². The maximum atomic E-state index is 12.9. The van der Waals surface area contributed by atoms with Gasteiger partial charge >= 0.3 is 0 Å². The van der Waals surface area contributed by atoms with E-state index in [2.05, 4.69) is 44.8 Å². The number of rotatable bonds is 10. The Morgan fingerprint density at radius 2 is 1.43 bits per heavy atom. The molecule has 0 aliphatic carbocycles. The zero-order valence-electron chi connectivity index (χ0n) is 22.2. The van der Waals surface area contributed by atoms with Crippen LogP contribution >= 0.6 is 11.6 Å². The van der Waals surface area contributed by atoms with Gasteiger partial charge in [-0.1, -0.05) is 11.6 Å². The molecule has 0 saturated heterocycles. The molecule has 1 atom stereocenters. The van der Waals surface area contributed by atoms with E-state index in [0.29, 0.717) is 28.4 Å². The number of nitrogens with one attached hydrogen (secondary N) is 1. The van der Waals surface area contributed by atoms with Crippen molar-refractivity contribution >= 4 is 33.0 Å². The molecule has 3 aromatic carbocycles. The average molecular weight is 543 g/mol. The van der Waals surface area contributed by atoms with Crippen LogP contribution in [0.2, 0.25) is 5.02 Å². The minimum absolute atomic E-state index is 0.104. The first kappa shape index (κ1) is 28.7. The summed E-state index contributed by atoms with van der Waals surface area (Å²) in [5.74, 6) is 0.444. The minimum atomic E-state index is -3.71. The lowest BCUT2D eigenvalue weighted by atomic mass is 10.0. The molecule has 0 radical (unpaired) electrons. The molecule has 0 heterocycles. The topological polar surface area (TPSA) is 75.7 Å². The number of anilines is 1. The van der Waals surface area contributed by atoms with Crippen molar-refractivity contribution in [3.05, 3.63) is 82.9 Å². The average Bonchev–Trinajstić information content (AvgIpc) is 2.84. The molecular formula is C29H35ClN2O4S. The van der Waals surface area contributed by atoms with Gasteiger partial charge in [0.25, 0.3) is 5.91 Å². The van der Waals surface area contributed by atoms with Gasteiger partial charge in [0.05, 0.1) is 16.9 Å². The molecule has 6 nitrogen and oxygen atoms in total. The summed E-state index contributed by atoms with van der Waals surface area (Å²) < 4.78 is 31.3. The fraction of sp³-hybridized carbons (Fsp3) is 0.345. The van der Waals surface area contributed by atoms with E-state index in [1.165, 1.54) is 48.5 Å². The summed E-state index contributed by atoms with van der Waals surface area (Å²) in [6.07, 6.45) is 0.764. The molecule has 37 heavy (non-hydrogen) atoms. The van der Waals surface area contributed by atoms with E-state index in [1.54, 1.807) is 13.2 Å². The molecular weight excluding hydrogens is 508 g/mol. The molecule has 0 fully saturated rings. The van der Waals surface area contributed by atoms with Gasteiger partial charge in [-0.3, -0.25) is 9.69 Å². The second kappa shape index (κ2) is 12.1. The van der Waals surface area contributed by atoms with Gasteiger partial charge in [0.2, 0.25) is 9.84 Å². The number of hydrogen-bond donors (Lipinski definition) is 1. The largest absolute Gasteiger partial charge is 0.496 e. The van der Waals surface area contributed by atoms with Crippen molar-refractivity contribution in [2.45, 2.75) is 69.0 Å². The lowest BCUT2D eigenvalue weighted by Gasteiger charge is -2.36. The molecule has 0 aromatic heterocycles. The third-order valence-corrected chi connectivity index (χ3v) is 8.34. The monoisotopic (exact) mass is 542 g/mol. The Bertz CT molecular complexity index is 1310. The van der Waals surface area contributed by atoms with E-state index >= 15 is 0 Å². The molecule has 198 valence electrons. The van der Waals surface area contributed by atoms with Gasteiger partial charge in [0, 0.05) is 34.4 Å². The summed E-state index contributed by atoms with van der Waals surface area (Å²) in [5.41, 5.74) is 2.00. The zero-order valence-corrected chi connectivity index (χ0v) is 23.7. The number of nitrogens with zero attached hydrogens (tertiary/aromatic N) is 1. The standard InChI is InChI=1S/C29H35ClN2O4S/c1-19(2)32(20(3)4)21(5)17-23-18-25(11-16-28(23)36-6)31-29(33)22-7-12-26(13-8-22)37(34,35)27-14-9-24(30)10-15-27/h7-16,18-21H,17H2,1-6H3,(H,31,33). The fourth-order valence-corrected chi connectivity index (χ4v) is 6.18. The smallest absolute Gasteiger partial charge is 0.255 e. The summed E-state index contributed by atoms with van der Waals surface area (Å²) >= 11 is 5.87. The molecule has 1 N–H and O–H groups in total. The van der Waals surface area contributed by atoms with E-state index in [-0.39, 0.29) is 21.7 Å². The molecule has 0 spiro atoms. The number of benzene rings is 3. The molecule has 8 heteroatoms. The summed E-state index contributed by atoms with van der Waals surface area (Å²) in [6.45, 7) is 11.0. The number of carbonyl (C=O) groups is 1. The molecule has 0 saturated carbocycles. The van der Waals surface area contributed by atoms with Gasteiger partial charge < -0.3 is 10.1 Å². The van der Waals surface area contributed by atoms with Gasteiger partial charge in [-0.15, -0.1) is 0 Å². The van der Waals surface area contributed by atoms with Crippen LogP contribution in [0.4, 0.5) is 5.69 Å². The minimum Gasteiger partial charge on any atom is -0.496 e. The number of ether oxygens (including phenoxy) is 1. The van der Waals surface area contributed by atoms with Crippen LogP contribution in [0.3, 0.4) is 0 Å². The number of carbonyl (C=O) groups excluding carboxylic acids is 1. The van der Waals surface area contributed by atoms with Crippen LogP contribution < -0.4 is 10.1 Å². The van der Waals surface area contributed by atoms with Gasteiger partial charge in [-0.05, 0) is 113 Å². The number of halogens is 1. The van der Waals surface area contributed by atoms with Crippen molar-refractivity contribution in [2.24, 2.45) is 0 Å². The van der Waals surface area contributed by atoms with Crippen molar-refractivity contribution < 1.29 is 17.9 Å².